The molecule has 1 aliphatic rings. The quantitative estimate of drug-likeness (QED) is 0.577. The molecule has 0 radical (unpaired) electrons. The van der Waals surface area contributed by atoms with Gasteiger partial charge in [0.2, 0.25) is 0 Å². The van der Waals surface area contributed by atoms with E-state index in [1.165, 1.54) is 5.56 Å². The number of nitriles is 1. The van der Waals surface area contributed by atoms with Crippen LogP contribution in [0.15, 0.2) is 18.5 Å². The molecule has 1 aliphatic carbocycles. The molecule has 1 atom stereocenters. The number of hydrogen-bond donors (Lipinski definition) is 0. The van der Waals surface area contributed by atoms with Crippen molar-refractivity contribution in [3.8, 4) is 6.07 Å². The van der Waals surface area contributed by atoms with Crippen molar-refractivity contribution in [3.05, 3.63) is 29.6 Å². The maximum absolute atomic E-state index is 8.99. The summed E-state index contributed by atoms with van der Waals surface area (Å²) >= 11 is 0. The van der Waals surface area contributed by atoms with Crippen LogP contribution in [0, 0.1) is 11.3 Å². The van der Waals surface area contributed by atoms with E-state index >= 15 is 0 Å². The fraction of sp³-hybridized carbons (Fsp3) is 0.400. The van der Waals surface area contributed by atoms with Gasteiger partial charge in [0, 0.05) is 12.4 Å². The first-order valence-corrected chi connectivity index (χ1v) is 4.11. The number of nitrogens with zero attached hydrogens (tertiary/aromatic N) is 2. The molecule has 1 aromatic heterocycles. The van der Waals surface area contributed by atoms with E-state index in [0.29, 0.717) is 0 Å². The molecule has 1 heterocycles. The number of fused-ring (bicyclic) bond motifs is 1. The highest BCUT2D eigenvalue weighted by atomic mass is 14.6. The van der Waals surface area contributed by atoms with Crippen LogP contribution in [0.5, 0.6) is 0 Å². The van der Waals surface area contributed by atoms with Crippen LogP contribution < -0.4 is 0 Å². The average molecular weight is 158 g/mol. The van der Waals surface area contributed by atoms with Crippen LogP contribution in [0.2, 0.25) is 0 Å². The zero-order valence-corrected chi connectivity index (χ0v) is 7.04. The van der Waals surface area contributed by atoms with Crippen molar-refractivity contribution in [1.82, 2.24) is 4.98 Å². The zero-order valence-electron chi connectivity index (χ0n) is 7.04. The lowest BCUT2D eigenvalue weighted by molar-refractivity contribution is 0.602. The van der Waals surface area contributed by atoms with Crippen LogP contribution in [-0.4, -0.2) is 4.98 Å². The Kier molecular flexibility index (Phi) is 1.41. The first-order chi connectivity index (χ1) is 5.76. The summed E-state index contributed by atoms with van der Waals surface area (Å²) in [7, 11) is 0. The molecule has 12 heavy (non-hydrogen) atoms. The molecule has 1 aromatic rings. The predicted octanol–water partition coefficient (Wildman–Crippen LogP) is 1.81. The first kappa shape index (κ1) is 7.30. The summed E-state index contributed by atoms with van der Waals surface area (Å²) in [6.45, 7) is 1.99. The molecule has 0 fully saturated rings. The summed E-state index contributed by atoms with van der Waals surface area (Å²) in [5.41, 5.74) is 2.12. The van der Waals surface area contributed by atoms with Crippen LogP contribution in [0.3, 0.4) is 0 Å². The minimum absolute atomic E-state index is 0.288. The molecule has 2 rings (SSSR count). The molecule has 60 valence electrons. The number of pyridine rings is 1. The van der Waals surface area contributed by atoms with E-state index in [9.17, 15) is 0 Å². The lowest BCUT2D eigenvalue weighted by Gasteiger charge is -2.13. The second-order valence-corrected chi connectivity index (χ2v) is 3.48. The van der Waals surface area contributed by atoms with Crippen molar-refractivity contribution in [3.63, 3.8) is 0 Å². The minimum Gasteiger partial charge on any atom is -0.264 e. The van der Waals surface area contributed by atoms with Crippen LogP contribution in [0.4, 0.5) is 0 Å². The summed E-state index contributed by atoms with van der Waals surface area (Å²) < 4.78 is 0. The Balaban J connectivity index is 2.58. The predicted molar refractivity (Wildman–Crippen MR) is 45.5 cm³/mol. The highest BCUT2D eigenvalue weighted by Crippen LogP contribution is 2.37. The lowest BCUT2D eigenvalue weighted by atomic mass is 9.87. The average Bonchev–Trinajstić information content (AvgIpc) is 2.46. The van der Waals surface area contributed by atoms with Crippen LogP contribution in [0.1, 0.15) is 24.5 Å². The second kappa shape index (κ2) is 2.31. The fourth-order valence-electron chi connectivity index (χ4n) is 1.77. The highest BCUT2D eigenvalue weighted by Gasteiger charge is 2.34. The Labute approximate surface area is 71.9 Å². The summed E-state index contributed by atoms with van der Waals surface area (Å²) in [6, 6.07) is 4.37. The van der Waals surface area contributed by atoms with Gasteiger partial charge < -0.3 is 0 Å². The van der Waals surface area contributed by atoms with Crippen molar-refractivity contribution in [2.75, 3.05) is 0 Å². The molecule has 0 aromatic carbocycles. The maximum atomic E-state index is 8.99. The SMILES string of the molecule is CC1(C#N)CCc2ccncc21. The molecular formula is C10H10N2. The van der Waals surface area contributed by atoms with Crippen LogP contribution >= 0.6 is 0 Å². The smallest absolute Gasteiger partial charge is 0.0815 e. The van der Waals surface area contributed by atoms with Gasteiger partial charge in [-0.2, -0.15) is 5.26 Å². The van der Waals surface area contributed by atoms with Crippen molar-refractivity contribution < 1.29 is 0 Å². The van der Waals surface area contributed by atoms with E-state index in [1.54, 1.807) is 6.20 Å². The largest absolute Gasteiger partial charge is 0.264 e. The molecule has 0 saturated heterocycles. The Bertz CT molecular complexity index is 351. The van der Waals surface area contributed by atoms with Gasteiger partial charge in [0.05, 0.1) is 11.5 Å². The summed E-state index contributed by atoms with van der Waals surface area (Å²) in [4.78, 5) is 4.05. The van der Waals surface area contributed by atoms with Crippen molar-refractivity contribution in [2.45, 2.75) is 25.2 Å². The third-order valence-electron chi connectivity index (χ3n) is 2.65. The Morgan fingerprint density at radius 1 is 1.67 bits per heavy atom. The van der Waals surface area contributed by atoms with E-state index in [-0.39, 0.29) is 5.41 Å². The normalized spacial score (nSPS) is 26.3. The van der Waals surface area contributed by atoms with Gasteiger partial charge in [0.1, 0.15) is 0 Å². The summed E-state index contributed by atoms with van der Waals surface area (Å²) in [5, 5.41) is 8.99. The fourth-order valence-corrected chi connectivity index (χ4v) is 1.77. The number of hydrogen-bond acceptors (Lipinski definition) is 2. The number of aromatic nitrogens is 1. The van der Waals surface area contributed by atoms with Gasteiger partial charge in [-0.3, -0.25) is 4.98 Å². The van der Waals surface area contributed by atoms with Gasteiger partial charge in [0.25, 0.3) is 0 Å². The third kappa shape index (κ3) is 0.831. The standard InChI is InChI=1S/C10H10N2/c1-10(7-11)4-2-8-3-5-12-6-9(8)10/h3,5-6H,2,4H2,1H3. The minimum atomic E-state index is -0.288. The van der Waals surface area contributed by atoms with Gasteiger partial charge in [-0.15, -0.1) is 0 Å². The van der Waals surface area contributed by atoms with Gasteiger partial charge in [-0.1, -0.05) is 0 Å². The molecule has 0 spiro atoms. The Morgan fingerprint density at radius 2 is 2.50 bits per heavy atom. The maximum Gasteiger partial charge on any atom is 0.0815 e. The third-order valence-corrected chi connectivity index (χ3v) is 2.65. The topological polar surface area (TPSA) is 36.7 Å². The monoisotopic (exact) mass is 158 g/mol. The molecule has 0 aliphatic heterocycles. The molecule has 2 nitrogen and oxygen atoms in total. The lowest BCUT2D eigenvalue weighted by Crippen LogP contribution is -2.14. The highest BCUT2D eigenvalue weighted by molar-refractivity contribution is 5.41. The summed E-state index contributed by atoms with van der Waals surface area (Å²) in [5.74, 6) is 0. The summed E-state index contributed by atoms with van der Waals surface area (Å²) in [6.07, 6.45) is 5.57. The molecule has 0 amide bonds. The molecule has 2 heteroatoms. The first-order valence-electron chi connectivity index (χ1n) is 4.11. The molecular weight excluding hydrogens is 148 g/mol. The van der Waals surface area contributed by atoms with Gasteiger partial charge >= 0.3 is 0 Å². The van der Waals surface area contributed by atoms with E-state index in [4.69, 9.17) is 5.26 Å². The van der Waals surface area contributed by atoms with Crippen molar-refractivity contribution >= 4 is 0 Å². The molecule has 0 N–H and O–H groups in total. The van der Waals surface area contributed by atoms with Gasteiger partial charge in [-0.25, -0.2) is 0 Å². The van der Waals surface area contributed by atoms with E-state index in [0.717, 1.165) is 18.4 Å². The molecule has 1 unspecified atom stereocenters. The number of aryl methyl sites for hydroxylation is 1. The Hall–Kier alpha value is -1.36. The second-order valence-electron chi connectivity index (χ2n) is 3.48. The van der Waals surface area contributed by atoms with E-state index < -0.39 is 0 Å². The molecule has 0 saturated carbocycles. The van der Waals surface area contributed by atoms with E-state index in [2.05, 4.69) is 11.1 Å². The van der Waals surface area contributed by atoms with E-state index in [1.807, 2.05) is 19.2 Å². The van der Waals surface area contributed by atoms with Crippen LogP contribution in [-0.2, 0) is 11.8 Å². The van der Waals surface area contributed by atoms with Crippen LogP contribution in [0.25, 0.3) is 0 Å². The molecule has 0 bridgehead atoms. The van der Waals surface area contributed by atoms with Gasteiger partial charge in [-0.05, 0) is 37.0 Å². The number of rotatable bonds is 0. The Morgan fingerprint density at radius 3 is 3.25 bits per heavy atom. The van der Waals surface area contributed by atoms with Crippen molar-refractivity contribution in [1.29, 1.82) is 5.26 Å². The zero-order chi connectivity index (χ0) is 8.60. The van der Waals surface area contributed by atoms with Gasteiger partial charge in [0.15, 0.2) is 0 Å². The van der Waals surface area contributed by atoms with Crippen molar-refractivity contribution in [2.24, 2.45) is 0 Å².